The second kappa shape index (κ2) is 7.76. The Hall–Kier alpha value is -1.92. The van der Waals surface area contributed by atoms with Crippen LogP contribution in [0, 0.1) is 5.92 Å². The number of rotatable bonds is 4. The summed E-state index contributed by atoms with van der Waals surface area (Å²) >= 11 is 5.17. The van der Waals surface area contributed by atoms with Crippen molar-refractivity contribution in [3.8, 4) is 0 Å². The summed E-state index contributed by atoms with van der Waals surface area (Å²) in [7, 11) is 0. The van der Waals surface area contributed by atoms with Crippen LogP contribution in [0.3, 0.4) is 0 Å². The van der Waals surface area contributed by atoms with Crippen LogP contribution in [0.2, 0.25) is 0 Å². The minimum atomic E-state index is -0.0000901. The van der Waals surface area contributed by atoms with Crippen molar-refractivity contribution in [2.45, 2.75) is 12.8 Å². The number of nitrogens with one attached hydrogen (secondary N) is 1. The molecule has 1 aromatic heterocycles. The Morgan fingerprint density at radius 2 is 2.00 bits per heavy atom. The zero-order valence-electron chi connectivity index (χ0n) is 14.3. The summed E-state index contributed by atoms with van der Waals surface area (Å²) in [6.07, 6.45) is 2.16. The third kappa shape index (κ3) is 3.91. The molecule has 3 aromatic rings. The number of fused-ring (bicyclic) bond motifs is 1. The average Bonchev–Trinajstić information content (AvgIpc) is 3.11. The van der Waals surface area contributed by atoms with E-state index in [2.05, 4.69) is 44.3 Å². The first-order valence-electron chi connectivity index (χ1n) is 8.83. The van der Waals surface area contributed by atoms with E-state index in [0.717, 1.165) is 47.6 Å². The van der Waals surface area contributed by atoms with Gasteiger partial charge in [0.15, 0.2) is 5.13 Å². The Bertz CT molecular complexity index is 885. The second-order valence-electron chi connectivity index (χ2n) is 6.61. The molecule has 4 rings (SSSR count). The van der Waals surface area contributed by atoms with Gasteiger partial charge in [-0.05, 0) is 49.1 Å². The number of benzene rings is 2. The third-order valence-corrected chi connectivity index (χ3v) is 6.40. The number of piperidine rings is 1. The minimum absolute atomic E-state index is 0.0000901. The first-order chi connectivity index (χ1) is 12.7. The quantitative estimate of drug-likeness (QED) is 0.653. The fourth-order valence-corrected chi connectivity index (χ4v) is 4.71. The molecule has 1 N–H and O–H groups in total. The molecule has 1 aliphatic rings. The molecule has 26 heavy (non-hydrogen) atoms. The number of para-hydroxylation sites is 1. The Balaban J connectivity index is 1.30. The van der Waals surface area contributed by atoms with Crippen molar-refractivity contribution in [1.29, 1.82) is 0 Å². The molecule has 0 aliphatic carbocycles. The molecule has 1 saturated heterocycles. The summed E-state index contributed by atoms with van der Waals surface area (Å²) in [5.41, 5.74) is 1.78. The lowest BCUT2D eigenvalue weighted by molar-refractivity contribution is 0.0945. The molecular weight excluding hydrogens is 410 g/mol. The molecule has 1 fully saturated rings. The normalized spacial score (nSPS) is 15.3. The second-order valence-corrected chi connectivity index (χ2v) is 8.54. The summed E-state index contributed by atoms with van der Waals surface area (Å²) < 4.78 is 2.17. The van der Waals surface area contributed by atoms with Gasteiger partial charge in [0.1, 0.15) is 0 Å². The SMILES string of the molecule is O=C(NCC1CCN(c2nc3ccccc3s2)CC1)c1cccc(Br)c1. The summed E-state index contributed by atoms with van der Waals surface area (Å²) in [6, 6.07) is 15.8. The van der Waals surface area contributed by atoms with Crippen LogP contribution in [0.5, 0.6) is 0 Å². The van der Waals surface area contributed by atoms with Crippen LogP contribution in [0.4, 0.5) is 5.13 Å². The highest BCUT2D eigenvalue weighted by molar-refractivity contribution is 9.10. The smallest absolute Gasteiger partial charge is 0.251 e. The van der Waals surface area contributed by atoms with Gasteiger partial charge < -0.3 is 10.2 Å². The Kier molecular flexibility index (Phi) is 5.22. The van der Waals surface area contributed by atoms with E-state index in [0.29, 0.717) is 11.5 Å². The molecule has 0 atom stereocenters. The van der Waals surface area contributed by atoms with Crippen LogP contribution in [0.25, 0.3) is 10.2 Å². The number of nitrogens with zero attached hydrogens (tertiary/aromatic N) is 2. The molecule has 134 valence electrons. The van der Waals surface area contributed by atoms with E-state index < -0.39 is 0 Å². The molecule has 1 amide bonds. The highest BCUT2D eigenvalue weighted by Crippen LogP contribution is 2.31. The summed E-state index contributed by atoms with van der Waals surface area (Å²) in [5, 5.41) is 4.19. The number of amides is 1. The van der Waals surface area contributed by atoms with Gasteiger partial charge in [0, 0.05) is 29.7 Å². The highest BCUT2D eigenvalue weighted by Gasteiger charge is 2.22. The van der Waals surface area contributed by atoms with E-state index in [1.165, 1.54) is 4.70 Å². The predicted molar refractivity (Wildman–Crippen MR) is 111 cm³/mol. The van der Waals surface area contributed by atoms with E-state index in [1.807, 2.05) is 30.3 Å². The summed E-state index contributed by atoms with van der Waals surface area (Å²) in [6.45, 7) is 2.73. The Morgan fingerprint density at radius 3 is 2.77 bits per heavy atom. The zero-order chi connectivity index (χ0) is 17.9. The minimum Gasteiger partial charge on any atom is -0.352 e. The first-order valence-corrected chi connectivity index (χ1v) is 10.4. The lowest BCUT2D eigenvalue weighted by Gasteiger charge is -2.31. The zero-order valence-corrected chi connectivity index (χ0v) is 16.7. The fraction of sp³-hybridized carbons (Fsp3) is 0.300. The van der Waals surface area contributed by atoms with Crippen molar-refractivity contribution in [2.24, 2.45) is 5.92 Å². The number of aromatic nitrogens is 1. The van der Waals surface area contributed by atoms with Crippen molar-refractivity contribution in [1.82, 2.24) is 10.3 Å². The van der Waals surface area contributed by atoms with E-state index in [4.69, 9.17) is 4.98 Å². The van der Waals surface area contributed by atoms with Crippen LogP contribution < -0.4 is 10.2 Å². The van der Waals surface area contributed by atoms with Crippen molar-refractivity contribution in [2.75, 3.05) is 24.5 Å². The first kappa shape index (κ1) is 17.5. The van der Waals surface area contributed by atoms with Crippen LogP contribution in [-0.4, -0.2) is 30.5 Å². The van der Waals surface area contributed by atoms with Gasteiger partial charge in [0.25, 0.3) is 5.91 Å². The van der Waals surface area contributed by atoms with Crippen molar-refractivity contribution < 1.29 is 4.79 Å². The van der Waals surface area contributed by atoms with Gasteiger partial charge in [-0.15, -0.1) is 0 Å². The number of carbonyl (C=O) groups is 1. The van der Waals surface area contributed by atoms with E-state index in [-0.39, 0.29) is 5.91 Å². The lowest BCUT2D eigenvalue weighted by atomic mass is 9.97. The maximum atomic E-state index is 12.3. The standard InChI is InChI=1S/C20H20BrN3OS/c21-16-5-3-4-15(12-16)19(25)22-13-14-8-10-24(11-9-14)20-23-17-6-1-2-7-18(17)26-20/h1-7,12,14H,8-11,13H2,(H,22,25). The molecule has 2 heterocycles. The van der Waals surface area contributed by atoms with Crippen LogP contribution in [-0.2, 0) is 0 Å². The molecule has 0 unspecified atom stereocenters. The number of halogens is 1. The van der Waals surface area contributed by atoms with E-state index >= 15 is 0 Å². The highest BCUT2D eigenvalue weighted by atomic mass is 79.9. The molecule has 6 heteroatoms. The van der Waals surface area contributed by atoms with Gasteiger partial charge in [-0.25, -0.2) is 4.98 Å². The van der Waals surface area contributed by atoms with Gasteiger partial charge >= 0.3 is 0 Å². The topological polar surface area (TPSA) is 45.2 Å². The number of hydrogen-bond donors (Lipinski definition) is 1. The van der Waals surface area contributed by atoms with E-state index in [1.54, 1.807) is 11.3 Å². The van der Waals surface area contributed by atoms with Gasteiger partial charge in [-0.1, -0.05) is 45.5 Å². The molecular formula is C20H20BrN3OS. The van der Waals surface area contributed by atoms with Crippen molar-refractivity contribution >= 4 is 48.5 Å². The predicted octanol–water partition coefficient (Wildman–Crippen LogP) is 4.71. The maximum absolute atomic E-state index is 12.3. The number of hydrogen-bond acceptors (Lipinski definition) is 4. The largest absolute Gasteiger partial charge is 0.352 e. The van der Waals surface area contributed by atoms with Crippen LogP contribution in [0.1, 0.15) is 23.2 Å². The molecule has 4 nitrogen and oxygen atoms in total. The molecule has 2 aromatic carbocycles. The van der Waals surface area contributed by atoms with E-state index in [9.17, 15) is 4.79 Å². The third-order valence-electron chi connectivity index (χ3n) is 4.81. The van der Waals surface area contributed by atoms with Crippen LogP contribution in [0.15, 0.2) is 53.0 Å². The van der Waals surface area contributed by atoms with Crippen molar-refractivity contribution in [3.63, 3.8) is 0 Å². The van der Waals surface area contributed by atoms with Gasteiger partial charge in [0.2, 0.25) is 0 Å². The number of thiazole rings is 1. The molecule has 0 spiro atoms. The van der Waals surface area contributed by atoms with Gasteiger partial charge in [-0.2, -0.15) is 0 Å². The summed E-state index contributed by atoms with van der Waals surface area (Å²) in [5.74, 6) is 0.525. The Labute approximate surface area is 165 Å². The monoisotopic (exact) mass is 429 g/mol. The molecule has 0 radical (unpaired) electrons. The van der Waals surface area contributed by atoms with Gasteiger partial charge in [0.05, 0.1) is 10.2 Å². The molecule has 1 aliphatic heterocycles. The molecule has 0 saturated carbocycles. The maximum Gasteiger partial charge on any atom is 0.251 e. The van der Waals surface area contributed by atoms with Crippen molar-refractivity contribution in [3.05, 3.63) is 58.6 Å². The van der Waals surface area contributed by atoms with Gasteiger partial charge in [-0.3, -0.25) is 4.79 Å². The summed E-state index contributed by atoms with van der Waals surface area (Å²) in [4.78, 5) is 19.4. The molecule has 0 bridgehead atoms. The lowest BCUT2D eigenvalue weighted by Crippen LogP contribution is -2.38. The fourth-order valence-electron chi connectivity index (χ4n) is 3.29. The average molecular weight is 430 g/mol. The Morgan fingerprint density at radius 1 is 1.19 bits per heavy atom. The van der Waals surface area contributed by atoms with Crippen LogP contribution >= 0.6 is 27.3 Å². The number of anilines is 1. The number of carbonyl (C=O) groups excluding carboxylic acids is 1.